The summed E-state index contributed by atoms with van der Waals surface area (Å²) in [6, 6.07) is 0. The van der Waals surface area contributed by atoms with Crippen molar-refractivity contribution in [2.75, 3.05) is 5.73 Å². The molecule has 2 rings (SSSR count). The molecule has 2 N–H and O–H groups in total. The highest BCUT2D eigenvalue weighted by atomic mass is 79.9. The minimum Gasteiger partial charge on any atom is -0.487 e. The van der Waals surface area contributed by atoms with Gasteiger partial charge in [0, 0.05) is 6.20 Å². The average molecular weight is 285 g/mol. The second-order valence-electron chi connectivity index (χ2n) is 4.46. The molecular formula is C12H17BrN2O. The monoisotopic (exact) mass is 284 g/mol. The Labute approximate surface area is 105 Å². The molecule has 4 heteroatoms. The number of nitrogen functional groups attached to an aromatic ring is 1. The lowest BCUT2D eigenvalue weighted by molar-refractivity contribution is 0.102. The van der Waals surface area contributed by atoms with E-state index in [4.69, 9.17) is 10.5 Å². The summed E-state index contributed by atoms with van der Waals surface area (Å²) < 4.78 is 6.86. The molecule has 0 aliphatic heterocycles. The molecule has 0 spiro atoms. The van der Waals surface area contributed by atoms with E-state index in [2.05, 4.69) is 27.8 Å². The van der Waals surface area contributed by atoms with Crippen molar-refractivity contribution in [3.05, 3.63) is 16.9 Å². The number of pyridine rings is 1. The molecule has 2 atom stereocenters. The van der Waals surface area contributed by atoms with Crippen LogP contribution in [0.2, 0.25) is 0 Å². The van der Waals surface area contributed by atoms with Crippen LogP contribution in [0, 0.1) is 5.92 Å². The molecule has 0 aromatic carbocycles. The van der Waals surface area contributed by atoms with Gasteiger partial charge in [-0.1, -0.05) is 13.3 Å². The molecule has 16 heavy (non-hydrogen) atoms. The van der Waals surface area contributed by atoms with Gasteiger partial charge in [-0.05, 0) is 41.1 Å². The first kappa shape index (κ1) is 11.7. The first-order valence-electron chi connectivity index (χ1n) is 5.74. The van der Waals surface area contributed by atoms with Crippen molar-refractivity contribution in [3.63, 3.8) is 0 Å². The van der Waals surface area contributed by atoms with E-state index in [1.54, 1.807) is 12.4 Å². The average Bonchev–Trinajstić information content (AvgIpc) is 2.26. The Bertz CT molecular complexity index is 350. The van der Waals surface area contributed by atoms with E-state index in [1.807, 2.05) is 0 Å². The van der Waals surface area contributed by atoms with Crippen LogP contribution in [0.1, 0.15) is 32.6 Å². The number of nitrogens with zero attached hydrogens (tertiary/aromatic N) is 1. The topological polar surface area (TPSA) is 48.1 Å². The van der Waals surface area contributed by atoms with Crippen LogP contribution >= 0.6 is 15.9 Å². The molecule has 1 aromatic rings. The zero-order valence-electron chi connectivity index (χ0n) is 9.45. The minimum absolute atomic E-state index is 0.287. The fourth-order valence-corrected chi connectivity index (χ4v) is 2.61. The SMILES string of the molecule is CC1CCCCC1Oc1c(N)cncc1Br. The minimum atomic E-state index is 0.287. The highest BCUT2D eigenvalue weighted by molar-refractivity contribution is 9.10. The van der Waals surface area contributed by atoms with Gasteiger partial charge in [0.25, 0.3) is 0 Å². The van der Waals surface area contributed by atoms with Crippen LogP contribution in [-0.4, -0.2) is 11.1 Å². The first-order valence-corrected chi connectivity index (χ1v) is 6.53. The molecule has 1 heterocycles. The molecule has 3 nitrogen and oxygen atoms in total. The summed E-state index contributed by atoms with van der Waals surface area (Å²) in [5.74, 6) is 1.35. The van der Waals surface area contributed by atoms with Gasteiger partial charge >= 0.3 is 0 Å². The molecule has 1 aliphatic rings. The lowest BCUT2D eigenvalue weighted by atomic mass is 9.88. The quantitative estimate of drug-likeness (QED) is 0.906. The zero-order chi connectivity index (χ0) is 11.5. The van der Waals surface area contributed by atoms with Crippen molar-refractivity contribution >= 4 is 21.6 Å². The summed E-state index contributed by atoms with van der Waals surface area (Å²) in [5, 5.41) is 0. The summed E-state index contributed by atoms with van der Waals surface area (Å²) in [5.41, 5.74) is 6.47. The van der Waals surface area contributed by atoms with Crippen LogP contribution in [0.4, 0.5) is 5.69 Å². The van der Waals surface area contributed by atoms with Crippen molar-refractivity contribution in [3.8, 4) is 5.75 Å². The van der Waals surface area contributed by atoms with Gasteiger partial charge in [-0.2, -0.15) is 0 Å². The Morgan fingerprint density at radius 2 is 2.12 bits per heavy atom. The molecule has 2 unspecified atom stereocenters. The van der Waals surface area contributed by atoms with Crippen molar-refractivity contribution in [1.82, 2.24) is 4.98 Å². The highest BCUT2D eigenvalue weighted by Gasteiger charge is 2.24. The lowest BCUT2D eigenvalue weighted by Crippen LogP contribution is -2.28. The van der Waals surface area contributed by atoms with E-state index in [9.17, 15) is 0 Å². The normalized spacial score (nSPS) is 25.4. The highest BCUT2D eigenvalue weighted by Crippen LogP contribution is 2.34. The zero-order valence-corrected chi connectivity index (χ0v) is 11.0. The smallest absolute Gasteiger partial charge is 0.159 e. The third kappa shape index (κ3) is 2.48. The second-order valence-corrected chi connectivity index (χ2v) is 5.31. The standard InChI is InChI=1S/C12H17BrN2O/c1-8-4-2-3-5-11(8)16-12-9(13)6-15-7-10(12)14/h6-8,11H,2-5,14H2,1H3. The number of nitrogens with two attached hydrogens (primary N) is 1. The van der Waals surface area contributed by atoms with E-state index >= 15 is 0 Å². The number of aromatic nitrogens is 1. The maximum atomic E-state index is 6.02. The summed E-state index contributed by atoms with van der Waals surface area (Å²) in [6.45, 7) is 2.25. The van der Waals surface area contributed by atoms with Gasteiger partial charge in [0.05, 0.1) is 16.4 Å². The molecule has 0 saturated heterocycles. The number of anilines is 1. The fraction of sp³-hybridized carbons (Fsp3) is 0.583. The van der Waals surface area contributed by atoms with Gasteiger partial charge < -0.3 is 10.5 Å². The van der Waals surface area contributed by atoms with Gasteiger partial charge in [0.15, 0.2) is 5.75 Å². The van der Waals surface area contributed by atoms with Gasteiger partial charge in [0.2, 0.25) is 0 Å². The second kappa shape index (κ2) is 5.04. The summed E-state index contributed by atoms with van der Waals surface area (Å²) >= 11 is 3.43. The molecule has 1 aliphatic carbocycles. The number of halogens is 1. The first-order chi connectivity index (χ1) is 7.68. The number of rotatable bonds is 2. The lowest BCUT2D eigenvalue weighted by Gasteiger charge is -2.30. The van der Waals surface area contributed by atoms with E-state index < -0.39 is 0 Å². The van der Waals surface area contributed by atoms with Crippen LogP contribution < -0.4 is 10.5 Å². The molecular weight excluding hydrogens is 268 g/mol. The van der Waals surface area contributed by atoms with E-state index in [0.717, 1.165) is 16.6 Å². The van der Waals surface area contributed by atoms with Crippen LogP contribution in [0.3, 0.4) is 0 Å². The number of hydrogen-bond acceptors (Lipinski definition) is 3. The van der Waals surface area contributed by atoms with E-state index in [1.165, 1.54) is 19.3 Å². The summed E-state index contributed by atoms with van der Waals surface area (Å²) in [4.78, 5) is 4.00. The fourth-order valence-electron chi connectivity index (χ4n) is 2.17. The maximum Gasteiger partial charge on any atom is 0.159 e. The largest absolute Gasteiger partial charge is 0.487 e. The van der Waals surface area contributed by atoms with Crippen molar-refractivity contribution in [2.45, 2.75) is 38.7 Å². The van der Waals surface area contributed by atoms with Gasteiger partial charge in [-0.25, -0.2) is 0 Å². The van der Waals surface area contributed by atoms with Crippen LogP contribution in [-0.2, 0) is 0 Å². The Morgan fingerprint density at radius 1 is 1.38 bits per heavy atom. The summed E-state index contributed by atoms with van der Waals surface area (Å²) in [6.07, 6.45) is 8.57. The molecule has 0 radical (unpaired) electrons. The Hall–Kier alpha value is -0.770. The van der Waals surface area contributed by atoms with Gasteiger partial charge in [0.1, 0.15) is 6.10 Å². The third-order valence-electron chi connectivity index (χ3n) is 3.18. The van der Waals surface area contributed by atoms with Crippen LogP contribution in [0.5, 0.6) is 5.75 Å². The molecule has 88 valence electrons. The molecule has 0 amide bonds. The van der Waals surface area contributed by atoms with E-state index in [0.29, 0.717) is 11.6 Å². The van der Waals surface area contributed by atoms with Crippen molar-refractivity contribution in [1.29, 1.82) is 0 Å². The number of hydrogen-bond donors (Lipinski definition) is 1. The maximum absolute atomic E-state index is 6.02. The van der Waals surface area contributed by atoms with Crippen molar-refractivity contribution in [2.24, 2.45) is 5.92 Å². The Kier molecular flexibility index (Phi) is 3.69. The van der Waals surface area contributed by atoms with Crippen LogP contribution in [0.15, 0.2) is 16.9 Å². The molecule has 1 fully saturated rings. The predicted octanol–water partition coefficient (Wildman–Crippen LogP) is 3.38. The van der Waals surface area contributed by atoms with Gasteiger partial charge in [-0.3, -0.25) is 4.98 Å². The summed E-state index contributed by atoms with van der Waals surface area (Å²) in [7, 11) is 0. The van der Waals surface area contributed by atoms with Crippen LogP contribution in [0.25, 0.3) is 0 Å². The number of ether oxygens (including phenoxy) is 1. The van der Waals surface area contributed by atoms with Crippen molar-refractivity contribution < 1.29 is 4.74 Å². The molecule has 1 aromatic heterocycles. The predicted molar refractivity (Wildman–Crippen MR) is 68.4 cm³/mol. The van der Waals surface area contributed by atoms with Gasteiger partial charge in [-0.15, -0.1) is 0 Å². The van der Waals surface area contributed by atoms with E-state index in [-0.39, 0.29) is 6.10 Å². The third-order valence-corrected chi connectivity index (χ3v) is 3.75. The Morgan fingerprint density at radius 3 is 2.81 bits per heavy atom. The Balaban J connectivity index is 2.13. The molecule has 1 saturated carbocycles. The molecule has 0 bridgehead atoms.